The van der Waals surface area contributed by atoms with Crippen LogP contribution in [0.4, 0.5) is 10.1 Å². The molecule has 0 amide bonds. The Balaban J connectivity index is 2.03. The van der Waals surface area contributed by atoms with Crippen LogP contribution in [0.1, 0.15) is 0 Å². The number of likely N-dealkylation sites (N-methyl/N-ethyl adjacent to an activating group) is 1. The Morgan fingerprint density at radius 1 is 1.61 bits per heavy atom. The molecule has 0 radical (unpaired) electrons. The van der Waals surface area contributed by atoms with Gasteiger partial charge in [-0.3, -0.25) is 4.21 Å². The molecular weight excluding hydrogens is 255 g/mol. The summed E-state index contributed by atoms with van der Waals surface area (Å²) in [7, 11) is 0.746. The Bertz CT molecular complexity index is 456. The lowest BCUT2D eigenvalue weighted by Gasteiger charge is -2.29. The van der Waals surface area contributed by atoms with Crippen LogP contribution in [-0.2, 0) is 15.5 Å². The van der Waals surface area contributed by atoms with Gasteiger partial charge in [0.05, 0.1) is 39.8 Å². The zero-order chi connectivity index (χ0) is 13.1. The molecule has 1 aromatic rings. The molecule has 1 saturated heterocycles. The number of nitrogens with zero attached hydrogens (tertiary/aromatic N) is 1. The van der Waals surface area contributed by atoms with Crippen LogP contribution >= 0.6 is 0 Å². The van der Waals surface area contributed by atoms with Gasteiger partial charge in [0.2, 0.25) is 0 Å². The highest BCUT2D eigenvalue weighted by molar-refractivity contribution is 7.85. The van der Waals surface area contributed by atoms with Gasteiger partial charge in [-0.1, -0.05) is 0 Å². The topological polar surface area (TPSA) is 55.6 Å². The molecule has 1 aliphatic heterocycles. The zero-order valence-electron chi connectivity index (χ0n) is 10.3. The minimum absolute atomic E-state index is 0.0611. The van der Waals surface area contributed by atoms with Gasteiger partial charge in [-0.05, 0) is 25.2 Å². The number of ether oxygens (including phenoxy) is 1. The van der Waals surface area contributed by atoms with E-state index in [4.69, 9.17) is 10.5 Å². The number of nitrogens with two attached hydrogens (primary N) is 1. The van der Waals surface area contributed by atoms with Crippen LogP contribution in [-0.4, -0.2) is 47.7 Å². The Morgan fingerprint density at radius 3 is 3.06 bits per heavy atom. The molecular formula is C12H17FN2O2S. The van der Waals surface area contributed by atoms with Gasteiger partial charge in [0.15, 0.2) is 0 Å². The van der Waals surface area contributed by atoms with Crippen LogP contribution in [0.25, 0.3) is 0 Å². The van der Waals surface area contributed by atoms with E-state index in [9.17, 15) is 8.60 Å². The van der Waals surface area contributed by atoms with Gasteiger partial charge in [-0.2, -0.15) is 0 Å². The molecule has 1 aromatic carbocycles. The summed E-state index contributed by atoms with van der Waals surface area (Å²) in [6.45, 7) is 2.30. The van der Waals surface area contributed by atoms with Gasteiger partial charge in [0, 0.05) is 13.1 Å². The summed E-state index contributed by atoms with van der Waals surface area (Å²) in [6, 6.07) is 3.95. The minimum Gasteiger partial charge on any atom is -0.398 e. The smallest absolute Gasteiger partial charge is 0.125 e. The Hall–Kier alpha value is -0.980. The molecule has 0 saturated carbocycles. The van der Waals surface area contributed by atoms with Crippen LogP contribution in [0.3, 0.4) is 0 Å². The number of halogens is 1. The SMILES string of the molecule is CN1CCOC(CS(=O)c2ccc(F)cc2N)C1. The molecule has 18 heavy (non-hydrogen) atoms. The lowest BCUT2D eigenvalue weighted by molar-refractivity contribution is -0.00640. The van der Waals surface area contributed by atoms with Crippen LogP contribution in [0.5, 0.6) is 0 Å². The molecule has 0 aromatic heterocycles. The molecule has 1 aliphatic rings. The third-order valence-corrected chi connectivity index (χ3v) is 4.43. The second-order valence-corrected chi connectivity index (χ2v) is 5.91. The van der Waals surface area contributed by atoms with Crippen molar-refractivity contribution in [3.8, 4) is 0 Å². The fourth-order valence-electron chi connectivity index (χ4n) is 1.95. The van der Waals surface area contributed by atoms with Crippen molar-refractivity contribution in [2.24, 2.45) is 0 Å². The van der Waals surface area contributed by atoms with Gasteiger partial charge in [-0.25, -0.2) is 4.39 Å². The Labute approximate surface area is 108 Å². The first-order valence-electron chi connectivity index (χ1n) is 5.80. The van der Waals surface area contributed by atoms with E-state index in [1.807, 2.05) is 7.05 Å². The van der Waals surface area contributed by atoms with Crippen LogP contribution in [0, 0.1) is 5.82 Å². The van der Waals surface area contributed by atoms with Crippen LogP contribution in [0.2, 0.25) is 0 Å². The first kappa shape index (κ1) is 13.5. The lowest BCUT2D eigenvalue weighted by atomic mass is 10.3. The number of anilines is 1. The maximum Gasteiger partial charge on any atom is 0.125 e. The third-order valence-electron chi connectivity index (χ3n) is 2.90. The molecule has 100 valence electrons. The van der Waals surface area contributed by atoms with E-state index in [0.29, 0.717) is 17.3 Å². The van der Waals surface area contributed by atoms with E-state index in [2.05, 4.69) is 4.90 Å². The van der Waals surface area contributed by atoms with Crippen molar-refractivity contribution in [3.05, 3.63) is 24.0 Å². The highest BCUT2D eigenvalue weighted by atomic mass is 32.2. The summed E-state index contributed by atoms with van der Waals surface area (Å²) < 4.78 is 30.6. The van der Waals surface area contributed by atoms with Crippen LogP contribution in [0.15, 0.2) is 23.1 Å². The maximum atomic E-state index is 12.9. The molecule has 2 N–H and O–H groups in total. The van der Waals surface area contributed by atoms with Gasteiger partial charge in [0.25, 0.3) is 0 Å². The third kappa shape index (κ3) is 3.28. The van der Waals surface area contributed by atoms with E-state index in [0.717, 1.165) is 13.1 Å². The zero-order valence-corrected chi connectivity index (χ0v) is 11.1. The second-order valence-electron chi connectivity index (χ2n) is 4.45. The van der Waals surface area contributed by atoms with Crippen LogP contribution < -0.4 is 5.73 Å². The van der Waals surface area contributed by atoms with Crippen molar-refractivity contribution < 1.29 is 13.3 Å². The maximum absolute atomic E-state index is 12.9. The quantitative estimate of drug-likeness (QED) is 0.829. The first-order chi connectivity index (χ1) is 8.56. The molecule has 0 bridgehead atoms. The predicted octanol–water partition coefficient (Wildman–Crippen LogP) is 0.846. The van der Waals surface area contributed by atoms with E-state index < -0.39 is 16.6 Å². The molecule has 6 heteroatoms. The van der Waals surface area contributed by atoms with Crippen molar-refractivity contribution >= 4 is 16.5 Å². The summed E-state index contributed by atoms with van der Waals surface area (Å²) in [6.07, 6.45) is -0.0611. The average molecular weight is 272 g/mol. The summed E-state index contributed by atoms with van der Waals surface area (Å²) >= 11 is 0. The second kappa shape index (κ2) is 5.77. The highest BCUT2D eigenvalue weighted by Gasteiger charge is 2.21. The molecule has 4 nitrogen and oxygen atoms in total. The van der Waals surface area contributed by atoms with Gasteiger partial charge >= 0.3 is 0 Å². The van der Waals surface area contributed by atoms with E-state index in [1.165, 1.54) is 18.2 Å². The van der Waals surface area contributed by atoms with E-state index in [-0.39, 0.29) is 11.8 Å². The number of hydrogen-bond donors (Lipinski definition) is 1. The van der Waals surface area contributed by atoms with Crippen molar-refractivity contribution in [3.63, 3.8) is 0 Å². The van der Waals surface area contributed by atoms with Gasteiger partial charge in [-0.15, -0.1) is 0 Å². The summed E-state index contributed by atoms with van der Waals surface area (Å²) in [5.41, 5.74) is 5.90. The fourth-order valence-corrected chi connectivity index (χ4v) is 3.21. The molecule has 0 aliphatic carbocycles. The Kier molecular flexibility index (Phi) is 4.31. The summed E-state index contributed by atoms with van der Waals surface area (Å²) in [4.78, 5) is 2.62. The minimum atomic E-state index is -1.26. The Morgan fingerprint density at radius 2 is 2.39 bits per heavy atom. The molecule has 0 spiro atoms. The summed E-state index contributed by atoms with van der Waals surface area (Å²) in [5.74, 6) is -0.0258. The van der Waals surface area contributed by atoms with Crippen molar-refractivity contribution in [1.29, 1.82) is 0 Å². The van der Waals surface area contributed by atoms with Crippen molar-refractivity contribution in [1.82, 2.24) is 4.90 Å². The molecule has 1 fully saturated rings. The summed E-state index contributed by atoms with van der Waals surface area (Å²) in [5, 5.41) is 0. The number of morpholine rings is 1. The number of rotatable bonds is 3. The average Bonchev–Trinajstić information content (AvgIpc) is 2.28. The molecule has 1 heterocycles. The normalized spacial score (nSPS) is 22.9. The highest BCUT2D eigenvalue weighted by Crippen LogP contribution is 2.19. The molecule has 2 atom stereocenters. The lowest BCUT2D eigenvalue weighted by Crippen LogP contribution is -2.42. The molecule has 2 rings (SSSR count). The monoisotopic (exact) mass is 272 g/mol. The number of benzene rings is 1. The standard InChI is InChI=1S/C12H17FN2O2S/c1-15-4-5-17-10(7-15)8-18(16)12-3-2-9(13)6-11(12)14/h2-3,6,10H,4-5,7-8,14H2,1H3. The largest absolute Gasteiger partial charge is 0.398 e. The fraction of sp³-hybridized carbons (Fsp3) is 0.500. The van der Waals surface area contributed by atoms with Crippen molar-refractivity contribution in [2.45, 2.75) is 11.0 Å². The van der Waals surface area contributed by atoms with Gasteiger partial charge < -0.3 is 15.4 Å². The number of nitrogen functional groups attached to an aromatic ring is 1. The predicted molar refractivity (Wildman–Crippen MR) is 69.3 cm³/mol. The van der Waals surface area contributed by atoms with Crippen molar-refractivity contribution in [2.75, 3.05) is 38.2 Å². The first-order valence-corrected chi connectivity index (χ1v) is 7.11. The molecule has 2 unspecified atom stereocenters. The van der Waals surface area contributed by atoms with E-state index >= 15 is 0 Å². The van der Waals surface area contributed by atoms with E-state index in [1.54, 1.807) is 0 Å². The van der Waals surface area contributed by atoms with Gasteiger partial charge in [0.1, 0.15) is 5.82 Å². The number of hydrogen-bond acceptors (Lipinski definition) is 4.